The molecule has 18 heavy (non-hydrogen) atoms. The quantitative estimate of drug-likeness (QED) is 0.642. The van der Waals surface area contributed by atoms with E-state index in [4.69, 9.17) is 5.73 Å². The standard InChI is InChI=1S/C14H12FN3/c1-8-5-6-11-12(7-8)18-14(17-11)9-3-2-4-10(15)13(9)16/h2-7H,16H2,1H3,(H,17,18). The van der Waals surface area contributed by atoms with Crippen LogP contribution >= 0.6 is 0 Å². The third-order valence-electron chi connectivity index (χ3n) is 2.95. The summed E-state index contributed by atoms with van der Waals surface area (Å²) in [4.78, 5) is 7.59. The van der Waals surface area contributed by atoms with Crippen LogP contribution in [-0.4, -0.2) is 9.97 Å². The molecule has 4 heteroatoms. The highest BCUT2D eigenvalue weighted by atomic mass is 19.1. The molecule has 0 unspecified atom stereocenters. The summed E-state index contributed by atoms with van der Waals surface area (Å²) in [5.74, 6) is 0.164. The number of benzene rings is 2. The third-order valence-corrected chi connectivity index (χ3v) is 2.95. The largest absolute Gasteiger partial charge is 0.396 e. The van der Waals surface area contributed by atoms with Gasteiger partial charge in [0, 0.05) is 5.56 Å². The lowest BCUT2D eigenvalue weighted by molar-refractivity contribution is 0.633. The number of nitrogens with two attached hydrogens (primary N) is 1. The van der Waals surface area contributed by atoms with Crippen LogP contribution in [0.5, 0.6) is 0 Å². The van der Waals surface area contributed by atoms with E-state index in [9.17, 15) is 4.39 Å². The molecule has 0 fully saturated rings. The lowest BCUT2D eigenvalue weighted by Gasteiger charge is -2.02. The number of hydrogen-bond acceptors (Lipinski definition) is 2. The Balaban J connectivity index is 2.22. The average Bonchev–Trinajstić information content (AvgIpc) is 2.75. The second-order valence-electron chi connectivity index (χ2n) is 4.31. The zero-order valence-corrected chi connectivity index (χ0v) is 9.87. The number of fused-ring (bicyclic) bond motifs is 1. The van der Waals surface area contributed by atoms with E-state index in [-0.39, 0.29) is 5.69 Å². The van der Waals surface area contributed by atoms with Crippen molar-refractivity contribution < 1.29 is 4.39 Å². The summed E-state index contributed by atoms with van der Waals surface area (Å²) in [5.41, 5.74) is 9.35. The van der Waals surface area contributed by atoms with Gasteiger partial charge in [0.15, 0.2) is 0 Å². The second kappa shape index (κ2) is 3.84. The van der Waals surface area contributed by atoms with Gasteiger partial charge in [0.1, 0.15) is 11.6 Å². The first kappa shape index (κ1) is 10.8. The number of rotatable bonds is 1. The smallest absolute Gasteiger partial charge is 0.146 e. The molecule has 0 aliphatic carbocycles. The van der Waals surface area contributed by atoms with Crippen LogP contribution in [-0.2, 0) is 0 Å². The number of nitrogens with one attached hydrogen (secondary N) is 1. The van der Waals surface area contributed by atoms with Gasteiger partial charge in [-0.2, -0.15) is 0 Å². The fraction of sp³-hybridized carbons (Fsp3) is 0.0714. The van der Waals surface area contributed by atoms with Crippen molar-refractivity contribution in [3.8, 4) is 11.4 Å². The first-order valence-corrected chi connectivity index (χ1v) is 5.66. The number of aromatic nitrogens is 2. The monoisotopic (exact) mass is 241 g/mol. The number of aromatic amines is 1. The van der Waals surface area contributed by atoms with Crippen molar-refractivity contribution in [3.05, 3.63) is 47.8 Å². The minimum absolute atomic E-state index is 0.119. The van der Waals surface area contributed by atoms with E-state index in [2.05, 4.69) is 9.97 Å². The zero-order chi connectivity index (χ0) is 12.7. The molecule has 0 saturated carbocycles. The fourth-order valence-electron chi connectivity index (χ4n) is 1.99. The maximum absolute atomic E-state index is 13.4. The first-order valence-electron chi connectivity index (χ1n) is 5.66. The molecule has 0 bridgehead atoms. The van der Waals surface area contributed by atoms with Crippen molar-refractivity contribution in [2.75, 3.05) is 5.73 Å². The number of anilines is 1. The van der Waals surface area contributed by atoms with Crippen LogP contribution in [0.3, 0.4) is 0 Å². The maximum atomic E-state index is 13.4. The third kappa shape index (κ3) is 1.62. The summed E-state index contributed by atoms with van der Waals surface area (Å²) >= 11 is 0. The summed E-state index contributed by atoms with van der Waals surface area (Å²) in [5, 5.41) is 0. The van der Waals surface area contributed by atoms with Gasteiger partial charge in [-0.3, -0.25) is 0 Å². The van der Waals surface area contributed by atoms with Crippen molar-refractivity contribution in [2.45, 2.75) is 6.92 Å². The SMILES string of the molecule is Cc1ccc2nc(-c3cccc(F)c3N)[nH]c2c1. The average molecular weight is 241 g/mol. The van der Waals surface area contributed by atoms with Crippen molar-refractivity contribution in [2.24, 2.45) is 0 Å². The van der Waals surface area contributed by atoms with Crippen LogP contribution in [0.15, 0.2) is 36.4 Å². The van der Waals surface area contributed by atoms with Crippen molar-refractivity contribution in [3.63, 3.8) is 0 Å². The molecule has 0 amide bonds. The van der Waals surface area contributed by atoms with Crippen LogP contribution in [0.25, 0.3) is 22.4 Å². The maximum Gasteiger partial charge on any atom is 0.146 e. The van der Waals surface area contributed by atoms with E-state index in [0.29, 0.717) is 11.4 Å². The zero-order valence-electron chi connectivity index (χ0n) is 9.87. The van der Waals surface area contributed by atoms with E-state index >= 15 is 0 Å². The highest BCUT2D eigenvalue weighted by Crippen LogP contribution is 2.27. The van der Waals surface area contributed by atoms with Crippen LogP contribution < -0.4 is 5.73 Å². The van der Waals surface area contributed by atoms with Crippen molar-refractivity contribution in [1.82, 2.24) is 9.97 Å². The Morgan fingerprint density at radius 3 is 2.89 bits per heavy atom. The molecule has 0 aliphatic heterocycles. The number of H-pyrrole nitrogens is 1. The molecule has 3 rings (SSSR count). The number of hydrogen-bond donors (Lipinski definition) is 2. The summed E-state index contributed by atoms with van der Waals surface area (Å²) in [6.07, 6.45) is 0. The number of imidazole rings is 1. The Labute approximate surface area is 103 Å². The Morgan fingerprint density at radius 1 is 1.22 bits per heavy atom. The summed E-state index contributed by atoms with van der Waals surface area (Å²) < 4.78 is 13.4. The van der Waals surface area contributed by atoms with Gasteiger partial charge in [-0.05, 0) is 36.8 Å². The Hall–Kier alpha value is -2.36. The van der Waals surface area contributed by atoms with E-state index in [1.807, 2.05) is 25.1 Å². The van der Waals surface area contributed by atoms with Gasteiger partial charge < -0.3 is 10.7 Å². The molecule has 3 N–H and O–H groups in total. The Kier molecular flexibility index (Phi) is 2.30. The van der Waals surface area contributed by atoms with Crippen molar-refractivity contribution in [1.29, 1.82) is 0 Å². The molecular weight excluding hydrogens is 229 g/mol. The highest BCUT2D eigenvalue weighted by Gasteiger charge is 2.10. The number of para-hydroxylation sites is 1. The molecule has 0 radical (unpaired) electrons. The predicted molar refractivity (Wildman–Crippen MR) is 70.6 cm³/mol. The molecular formula is C14H12FN3. The number of halogens is 1. The second-order valence-corrected chi connectivity index (χ2v) is 4.31. The van der Waals surface area contributed by atoms with E-state index in [1.165, 1.54) is 6.07 Å². The Morgan fingerprint density at radius 2 is 2.06 bits per heavy atom. The normalized spacial score (nSPS) is 11.0. The summed E-state index contributed by atoms with van der Waals surface area (Å²) in [6.45, 7) is 2.01. The van der Waals surface area contributed by atoms with Gasteiger partial charge in [-0.1, -0.05) is 12.1 Å². The lowest BCUT2D eigenvalue weighted by atomic mass is 10.1. The molecule has 0 aliphatic rings. The van der Waals surface area contributed by atoms with E-state index < -0.39 is 5.82 Å². The van der Waals surface area contributed by atoms with Crippen LogP contribution in [0, 0.1) is 12.7 Å². The molecule has 3 aromatic rings. The van der Waals surface area contributed by atoms with Gasteiger partial charge in [0.05, 0.1) is 16.7 Å². The predicted octanol–water partition coefficient (Wildman–Crippen LogP) is 3.26. The molecule has 1 aromatic heterocycles. The molecule has 90 valence electrons. The van der Waals surface area contributed by atoms with Gasteiger partial charge in [-0.25, -0.2) is 9.37 Å². The highest BCUT2D eigenvalue weighted by molar-refractivity contribution is 5.82. The van der Waals surface area contributed by atoms with Gasteiger partial charge in [-0.15, -0.1) is 0 Å². The molecule has 0 saturated heterocycles. The fourth-order valence-corrected chi connectivity index (χ4v) is 1.99. The van der Waals surface area contributed by atoms with Gasteiger partial charge in [0.25, 0.3) is 0 Å². The van der Waals surface area contributed by atoms with E-state index in [0.717, 1.165) is 16.6 Å². The minimum Gasteiger partial charge on any atom is -0.396 e. The Bertz CT molecular complexity index is 731. The van der Waals surface area contributed by atoms with Crippen LogP contribution in [0.1, 0.15) is 5.56 Å². The number of aryl methyl sites for hydroxylation is 1. The summed E-state index contributed by atoms with van der Waals surface area (Å²) in [6, 6.07) is 10.6. The molecule has 3 nitrogen and oxygen atoms in total. The number of nitrogen functional groups attached to an aromatic ring is 1. The topological polar surface area (TPSA) is 54.7 Å². The molecule has 1 heterocycles. The minimum atomic E-state index is -0.427. The molecule has 2 aromatic carbocycles. The number of nitrogens with zero attached hydrogens (tertiary/aromatic N) is 1. The molecule has 0 spiro atoms. The first-order chi connectivity index (χ1) is 8.65. The van der Waals surface area contributed by atoms with Gasteiger partial charge in [0.2, 0.25) is 0 Å². The molecule has 0 atom stereocenters. The van der Waals surface area contributed by atoms with Crippen LogP contribution in [0.2, 0.25) is 0 Å². The summed E-state index contributed by atoms with van der Waals surface area (Å²) in [7, 11) is 0. The van der Waals surface area contributed by atoms with Crippen LogP contribution in [0.4, 0.5) is 10.1 Å². The van der Waals surface area contributed by atoms with Gasteiger partial charge >= 0.3 is 0 Å². The van der Waals surface area contributed by atoms with Crippen molar-refractivity contribution >= 4 is 16.7 Å². The van der Waals surface area contributed by atoms with E-state index in [1.54, 1.807) is 12.1 Å². The lowest BCUT2D eigenvalue weighted by Crippen LogP contribution is -1.94.